The summed E-state index contributed by atoms with van der Waals surface area (Å²) in [5.41, 5.74) is 0.485. The van der Waals surface area contributed by atoms with E-state index >= 15 is 0 Å². The number of amides is 1. The number of sulfonamides is 1. The van der Waals surface area contributed by atoms with Crippen LogP contribution in [0, 0.1) is 0 Å². The van der Waals surface area contributed by atoms with Crippen LogP contribution in [-0.2, 0) is 14.8 Å². The number of anilines is 2. The standard InChI is InChI=1S/C17H14ClN3O3S2/c18-13-5-4-6-14(11-13)20-16(22)12-21(17-19-9-10-25-17)26(23,24)15-7-2-1-3-8-15/h1-11H,12H2,(H,20,22). The van der Waals surface area contributed by atoms with Crippen LogP contribution >= 0.6 is 22.9 Å². The van der Waals surface area contributed by atoms with Crippen LogP contribution in [0.1, 0.15) is 0 Å². The molecule has 0 atom stereocenters. The van der Waals surface area contributed by atoms with Crippen LogP contribution in [0.3, 0.4) is 0 Å². The highest BCUT2D eigenvalue weighted by molar-refractivity contribution is 7.93. The highest BCUT2D eigenvalue weighted by atomic mass is 35.5. The van der Waals surface area contributed by atoms with Crippen molar-refractivity contribution in [1.29, 1.82) is 0 Å². The Morgan fingerprint density at radius 1 is 1.15 bits per heavy atom. The molecule has 2 aromatic carbocycles. The zero-order valence-corrected chi connectivity index (χ0v) is 15.8. The van der Waals surface area contributed by atoms with Gasteiger partial charge >= 0.3 is 0 Å². The third kappa shape index (κ3) is 4.21. The maximum Gasteiger partial charge on any atom is 0.266 e. The van der Waals surface area contributed by atoms with Gasteiger partial charge in [-0.05, 0) is 30.3 Å². The molecule has 6 nitrogen and oxygen atoms in total. The summed E-state index contributed by atoms with van der Waals surface area (Å²) in [6, 6.07) is 14.5. The summed E-state index contributed by atoms with van der Waals surface area (Å²) >= 11 is 7.04. The molecule has 0 spiro atoms. The van der Waals surface area contributed by atoms with Gasteiger partial charge in [0, 0.05) is 22.3 Å². The summed E-state index contributed by atoms with van der Waals surface area (Å²) in [5.74, 6) is -0.498. The molecule has 0 aliphatic carbocycles. The number of halogens is 1. The van der Waals surface area contributed by atoms with Crippen molar-refractivity contribution in [3.63, 3.8) is 0 Å². The van der Waals surface area contributed by atoms with Crippen molar-refractivity contribution in [2.24, 2.45) is 0 Å². The van der Waals surface area contributed by atoms with Crippen molar-refractivity contribution in [3.05, 3.63) is 71.2 Å². The highest BCUT2D eigenvalue weighted by Crippen LogP contribution is 2.25. The lowest BCUT2D eigenvalue weighted by Gasteiger charge is -2.21. The zero-order chi connectivity index (χ0) is 18.6. The molecule has 0 fully saturated rings. The lowest BCUT2D eigenvalue weighted by Crippen LogP contribution is -2.38. The average Bonchev–Trinajstić information content (AvgIpc) is 3.14. The minimum absolute atomic E-state index is 0.0887. The number of carbonyl (C=O) groups excluding carboxylic acids is 1. The number of aromatic nitrogens is 1. The van der Waals surface area contributed by atoms with Gasteiger partial charge in [-0.3, -0.25) is 4.79 Å². The van der Waals surface area contributed by atoms with E-state index in [1.165, 1.54) is 18.3 Å². The van der Waals surface area contributed by atoms with Gasteiger partial charge in [0.1, 0.15) is 6.54 Å². The quantitative estimate of drug-likeness (QED) is 0.676. The van der Waals surface area contributed by atoms with Crippen LogP contribution in [0.4, 0.5) is 10.8 Å². The van der Waals surface area contributed by atoms with E-state index in [2.05, 4.69) is 10.3 Å². The summed E-state index contributed by atoms with van der Waals surface area (Å²) < 4.78 is 26.9. The first-order valence-electron chi connectivity index (χ1n) is 7.49. The van der Waals surface area contributed by atoms with Crippen LogP contribution in [0.25, 0.3) is 0 Å². The third-order valence-corrected chi connectivity index (χ3v) is 6.25. The largest absolute Gasteiger partial charge is 0.324 e. The Morgan fingerprint density at radius 3 is 2.58 bits per heavy atom. The number of rotatable bonds is 6. The molecule has 26 heavy (non-hydrogen) atoms. The van der Waals surface area contributed by atoms with Crippen LogP contribution in [0.5, 0.6) is 0 Å². The molecular formula is C17H14ClN3O3S2. The van der Waals surface area contributed by atoms with E-state index in [0.29, 0.717) is 10.7 Å². The molecule has 1 heterocycles. The molecular weight excluding hydrogens is 394 g/mol. The molecule has 1 aromatic heterocycles. The van der Waals surface area contributed by atoms with E-state index in [4.69, 9.17) is 11.6 Å². The molecule has 134 valence electrons. The van der Waals surface area contributed by atoms with Crippen molar-refractivity contribution in [2.45, 2.75) is 4.90 Å². The number of hydrogen-bond acceptors (Lipinski definition) is 5. The topological polar surface area (TPSA) is 79.4 Å². The Hall–Kier alpha value is -2.42. The first-order chi connectivity index (χ1) is 12.5. The zero-order valence-electron chi connectivity index (χ0n) is 13.4. The smallest absolute Gasteiger partial charge is 0.266 e. The van der Waals surface area contributed by atoms with Crippen LogP contribution in [0.15, 0.2) is 71.1 Å². The van der Waals surface area contributed by atoms with Gasteiger partial charge in [0.2, 0.25) is 5.91 Å². The highest BCUT2D eigenvalue weighted by Gasteiger charge is 2.28. The molecule has 0 saturated carbocycles. The summed E-state index contributed by atoms with van der Waals surface area (Å²) in [7, 11) is -3.93. The lowest BCUT2D eigenvalue weighted by atomic mass is 10.3. The Labute approximate surface area is 160 Å². The van der Waals surface area contributed by atoms with E-state index in [1.807, 2.05) is 0 Å². The van der Waals surface area contributed by atoms with Crippen LogP contribution < -0.4 is 9.62 Å². The number of carbonyl (C=O) groups is 1. The van der Waals surface area contributed by atoms with Crippen molar-refractivity contribution in [3.8, 4) is 0 Å². The van der Waals surface area contributed by atoms with E-state index in [-0.39, 0.29) is 10.0 Å². The van der Waals surface area contributed by atoms with E-state index in [9.17, 15) is 13.2 Å². The first-order valence-corrected chi connectivity index (χ1v) is 10.2. The molecule has 3 rings (SSSR count). The Bertz CT molecular complexity index is 993. The van der Waals surface area contributed by atoms with E-state index in [1.54, 1.807) is 47.8 Å². The minimum atomic E-state index is -3.93. The van der Waals surface area contributed by atoms with Gasteiger partial charge in [0.15, 0.2) is 5.13 Å². The Kier molecular flexibility index (Phi) is 5.55. The van der Waals surface area contributed by atoms with Crippen molar-refractivity contribution in [2.75, 3.05) is 16.2 Å². The SMILES string of the molecule is O=C(CN(c1nccs1)S(=O)(=O)c1ccccc1)Nc1cccc(Cl)c1. The van der Waals surface area contributed by atoms with Crippen LogP contribution in [0.2, 0.25) is 5.02 Å². The number of hydrogen-bond donors (Lipinski definition) is 1. The maximum atomic E-state index is 13.0. The lowest BCUT2D eigenvalue weighted by molar-refractivity contribution is -0.114. The number of nitrogens with one attached hydrogen (secondary N) is 1. The molecule has 1 amide bonds. The monoisotopic (exact) mass is 407 g/mol. The molecule has 1 N–H and O–H groups in total. The van der Waals surface area contributed by atoms with Crippen molar-refractivity contribution >= 4 is 49.7 Å². The molecule has 0 radical (unpaired) electrons. The third-order valence-electron chi connectivity index (χ3n) is 3.36. The molecule has 0 bridgehead atoms. The second kappa shape index (κ2) is 7.86. The Balaban J connectivity index is 1.87. The minimum Gasteiger partial charge on any atom is -0.324 e. The van der Waals surface area contributed by atoms with Gasteiger partial charge in [-0.2, -0.15) is 0 Å². The predicted molar refractivity (Wildman–Crippen MR) is 103 cm³/mol. The maximum absolute atomic E-state index is 13.0. The van der Waals surface area contributed by atoms with Crippen molar-refractivity contribution < 1.29 is 13.2 Å². The predicted octanol–water partition coefficient (Wildman–Crippen LogP) is 3.63. The number of benzene rings is 2. The molecule has 0 aliphatic rings. The van der Waals surface area contributed by atoms with Crippen LogP contribution in [-0.4, -0.2) is 25.9 Å². The second-order valence-electron chi connectivity index (χ2n) is 5.20. The van der Waals surface area contributed by atoms with E-state index < -0.39 is 22.5 Å². The fourth-order valence-electron chi connectivity index (χ4n) is 2.21. The summed E-state index contributed by atoms with van der Waals surface area (Å²) in [5, 5.41) is 4.98. The Morgan fingerprint density at radius 2 is 1.92 bits per heavy atom. The van der Waals surface area contributed by atoms with Gasteiger partial charge < -0.3 is 5.32 Å². The second-order valence-corrected chi connectivity index (χ2v) is 8.37. The molecule has 9 heteroatoms. The number of nitrogens with zero attached hydrogens (tertiary/aromatic N) is 2. The van der Waals surface area contributed by atoms with Gasteiger partial charge in [0.05, 0.1) is 4.90 Å². The van der Waals surface area contributed by atoms with Gasteiger partial charge in [-0.25, -0.2) is 17.7 Å². The van der Waals surface area contributed by atoms with Gasteiger partial charge in [0.25, 0.3) is 10.0 Å². The molecule has 0 saturated heterocycles. The van der Waals surface area contributed by atoms with Gasteiger partial charge in [-0.1, -0.05) is 35.9 Å². The number of thiazole rings is 1. The fourth-order valence-corrected chi connectivity index (χ4v) is 4.67. The molecule has 0 aliphatic heterocycles. The van der Waals surface area contributed by atoms with Crippen molar-refractivity contribution in [1.82, 2.24) is 4.98 Å². The van der Waals surface area contributed by atoms with Gasteiger partial charge in [-0.15, -0.1) is 11.3 Å². The summed E-state index contributed by atoms with van der Waals surface area (Å²) in [6.07, 6.45) is 1.49. The normalized spacial score (nSPS) is 11.1. The summed E-state index contributed by atoms with van der Waals surface area (Å²) in [6.45, 7) is -0.406. The molecule has 0 unspecified atom stereocenters. The summed E-state index contributed by atoms with van der Waals surface area (Å²) in [4.78, 5) is 16.6. The first kappa shape index (κ1) is 18.4. The average molecular weight is 408 g/mol. The van der Waals surface area contributed by atoms with E-state index in [0.717, 1.165) is 15.6 Å². The fraction of sp³-hybridized carbons (Fsp3) is 0.0588. The molecule has 3 aromatic rings.